The van der Waals surface area contributed by atoms with E-state index in [0.717, 1.165) is 4.91 Å². The van der Waals surface area contributed by atoms with E-state index in [1.807, 2.05) is 13.0 Å². The minimum atomic E-state index is 1.11. The predicted molar refractivity (Wildman–Crippen MR) is 59.1 cm³/mol. The quantitative estimate of drug-likeness (QED) is 0.483. The highest BCUT2D eigenvalue weighted by atomic mass is 32.2. The summed E-state index contributed by atoms with van der Waals surface area (Å²) in [5.41, 5.74) is 0. The Labute approximate surface area is 81.1 Å². The molecule has 0 saturated heterocycles. The molecule has 0 atom stereocenters. The second kappa shape index (κ2) is 13.4. The van der Waals surface area contributed by atoms with Crippen LogP contribution in [0, 0.1) is 0 Å². The highest BCUT2D eigenvalue weighted by molar-refractivity contribution is 7.98. The lowest BCUT2D eigenvalue weighted by molar-refractivity contribution is 0.493. The van der Waals surface area contributed by atoms with Gasteiger partial charge >= 0.3 is 0 Å². The molecule has 0 N–H and O–H groups in total. The molecule has 0 saturated carbocycles. The first-order valence-corrected chi connectivity index (χ1v) is 4.97. The van der Waals surface area contributed by atoms with Gasteiger partial charge in [0.2, 0.25) is 0 Å². The minimum absolute atomic E-state index is 1.11. The third-order valence-electron chi connectivity index (χ3n) is 1.07. The van der Waals surface area contributed by atoms with E-state index in [1.165, 1.54) is 24.9 Å². The molecule has 0 amide bonds. The van der Waals surface area contributed by atoms with Crippen LogP contribution in [0.2, 0.25) is 0 Å². The molecule has 0 rings (SSSR count). The van der Waals surface area contributed by atoms with Crippen LogP contribution < -0.4 is 0 Å². The summed E-state index contributed by atoms with van der Waals surface area (Å²) in [5.74, 6) is 0. The summed E-state index contributed by atoms with van der Waals surface area (Å²) in [4.78, 5) is 1.11. The van der Waals surface area contributed by atoms with Crippen molar-refractivity contribution in [3.63, 3.8) is 0 Å². The molecule has 0 spiro atoms. The van der Waals surface area contributed by atoms with Crippen molar-refractivity contribution in [2.24, 2.45) is 0 Å². The molecule has 0 unspecified atom stereocenters. The van der Waals surface area contributed by atoms with Gasteiger partial charge in [0.15, 0.2) is 0 Å². The molecule has 0 radical (unpaired) electrons. The fraction of sp³-hybridized carbons (Fsp3) is 0.600. The molecule has 12 heavy (non-hydrogen) atoms. The molecule has 0 aliphatic rings. The molecule has 0 aromatic heterocycles. The van der Waals surface area contributed by atoms with Crippen LogP contribution in [0.4, 0.5) is 0 Å². The van der Waals surface area contributed by atoms with Crippen LogP contribution in [0.3, 0.4) is 0 Å². The third-order valence-corrected chi connectivity index (χ3v) is 1.63. The van der Waals surface area contributed by atoms with E-state index in [0.29, 0.717) is 0 Å². The lowest BCUT2D eigenvalue weighted by Crippen LogP contribution is -1.66. The molecule has 0 aliphatic heterocycles. The SMILES string of the molecule is C=C/C=C(\C)SOC.CCCC. The minimum Gasteiger partial charge on any atom is -0.314 e. The highest BCUT2D eigenvalue weighted by Gasteiger charge is 1.82. The second-order valence-electron chi connectivity index (χ2n) is 2.26. The van der Waals surface area contributed by atoms with E-state index < -0.39 is 0 Å². The predicted octanol–water partition coefficient (Wildman–Crippen LogP) is 4.18. The normalized spacial score (nSPS) is 10.2. The van der Waals surface area contributed by atoms with Crippen LogP contribution in [0.15, 0.2) is 23.6 Å². The molecule has 0 aromatic rings. The fourth-order valence-electron chi connectivity index (χ4n) is 0.325. The first-order chi connectivity index (χ1) is 5.72. The molecular formula is C10H20OS. The molecule has 0 aliphatic carbocycles. The zero-order valence-corrected chi connectivity index (χ0v) is 9.41. The molecule has 0 aromatic carbocycles. The summed E-state index contributed by atoms with van der Waals surface area (Å²) in [5, 5.41) is 0. The Kier molecular flexibility index (Phi) is 16.0. The standard InChI is InChI=1S/C6H10OS.C4H10/c1-4-5-6(2)8-7-3;1-3-4-2/h4-5H,1H2,2-3H3;3-4H2,1-2H3/b6-5+;. The van der Waals surface area contributed by atoms with Crippen LogP contribution in [0.5, 0.6) is 0 Å². The topological polar surface area (TPSA) is 9.23 Å². The number of unbranched alkanes of at least 4 members (excludes halogenated alkanes) is 1. The van der Waals surface area contributed by atoms with Gasteiger partial charge in [-0.15, -0.1) is 0 Å². The third kappa shape index (κ3) is 16.4. The van der Waals surface area contributed by atoms with Gasteiger partial charge in [-0.3, -0.25) is 0 Å². The first kappa shape index (κ1) is 14.3. The Morgan fingerprint density at radius 2 is 1.92 bits per heavy atom. The maximum absolute atomic E-state index is 4.76. The Morgan fingerprint density at radius 3 is 2.17 bits per heavy atom. The van der Waals surface area contributed by atoms with Crippen molar-refractivity contribution in [1.82, 2.24) is 0 Å². The van der Waals surface area contributed by atoms with Gasteiger partial charge in [-0.05, 0) is 6.92 Å². The van der Waals surface area contributed by atoms with Crippen LogP contribution in [0.1, 0.15) is 33.6 Å². The van der Waals surface area contributed by atoms with Gasteiger partial charge in [-0.2, -0.15) is 0 Å². The maximum Gasteiger partial charge on any atom is 0.0508 e. The summed E-state index contributed by atoms with van der Waals surface area (Å²) in [6.45, 7) is 9.87. The molecule has 1 nitrogen and oxygen atoms in total. The van der Waals surface area contributed by atoms with Crippen molar-refractivity contribution in [2.75, 3.05) is 7.11 Å². The molecular weight excluding hydrogens is 168 g/mol. The monoisotopic (exact) mass is 188 g/mol. The summed E-state index contributed by atoms with van der Waals surface area (Å²) in [6.07, 6.45) is 6.27. The van der Waals surface area contributed by atoms with E-state index in [4.69, 9.17) is 4.18 Å². The van der Waals surface area contributed by atoms with E-state index in [9.17, 15) is 0 Å². The zero-order valence-electron chi connectivity index (χ0n) is 8.59. The summed E-state index contributed by atoms with van der Waals surface area (Å²) in [7, 11) is 1.64. The highest BCUT2D eigenvalue weighted by Crippen LogP contribution is 2.13. The van der Waals surface area contributed by atoms with Crippen molar-refractivity contribution in [2.45, 2.75) is 33.6 Å². The van der Waals surface area contributed by atoms with Crippen LogP contribution in [0.25, 0.3) is 0 Å². The van der Waals surface area contributed by atoms with Gasteiger partial charge in [0.1, 0.15) is 0 Å². The van der Waals surface area contributed by atoms with Crippen molar-refractivity contribution in [3.05, 3.63) is 23.6 Å². The van der Waals surface area contributed by atoms with Crippen LogP contribution >= 0.6 is 12.0 Å². The fourth-order valence-corrected chi connectivity index (χ4v) is 0.740. The number of hydrogen-bond donors (Lipinski definition) is 0. The lowest BCUT2D eigenvalue weighted by Gasteiger charge is -1.91. The van der Waals surface area contributed by atoms with Gasteiger partial charge in [-0.25, -0.2) is 0 Å². The van der Waals surface area contributed by atoms with Crippen LogP contribution in [-0.2, 0) is 4.18 Å². The molecule has 0 fully saturated rings. The number of allylic oxidation sites excluding steroid dienone is 3. The Hall–Kier alpha value is -0.210. The summed E-state index contributed by atoms with van der Waals surface area (Å²) >= 11 is 1.35. The number of rotatable bonds is 4. The van der Waals surface area contributed by atoms with Crippen molar-refractivity contribution < 1.29 is 4.18 Å². The van der Waals surface area contributed by atoms with Crippen molar-refractivity contribution in [3.8, 4) is 0 Å². The van der Waals surface area contributed by atoms with E-state index in [2.05, 4.69) is 20.4 Å². The van der Waals surface area contributed by atoms with Gasteiger partial charge in [0, 0.05) is 16.9 Å². The largest absolute Gasteiger partial charge is 0.314 e. The second-order valence-corrected chi connectivity index (χ2v) is 3.41. The van der Waals surface area contributed by atoms with Crippen LogP contribution in [-0.4, -0.2) is 7.11 Å². The van der Waals surface area contributed by atoms with Gasteiger partial charge < -0.3 is 4.18 Å². The Morgan fingerprint density at radius 1 is 1.42 bits per heavy atom. The molecule has 2 heteroatoms. The van der Waals surface area contributed by atoms with E-state index in [-0.39, 0.29) is 0 Å². The Bertz CT molecular complexity index is 117. The smallest absolute Gasteiger partial charge is 0.0508 e. The molecule has 72 valence electrons. The summed E-state index contributed by atoms with van der Waals surface area (Å²) in [6, 6.07) is 0. The van der Waals surface area contributed by atoms with Gasteiger partial charge in [0.05, 0.1) is 7.11 Å². The van der Waals surface area contributed by atoms with E-state index in [1.54, 1.807) is 13.2 Å². The lowest BCUT2D eigenvalue weighted by atomic mass is 10.4. The number of hydrogen-bond acceptors (Lipinski definition) is 2. The zero-order chi connectivity index (χ0) is 9.82. The molecule has 0 bridgehead atoms. The average Bonchev–Trinajstić information content (AvgIpc) is 2.06. The van der Waals surface area contributed by atoms with Gasteiger partial charge in [0.25, 0.3) is 0 Å². The molecule has 0 heterocycles. The van der Waals surface area contributed by atoms with Gasteiger partial charge in [-0.1, -0.05) is 45.4 Å². The van der Waals surface area contributed by atoms with Crippen molar-refractivity contribution >= 4 is 12.0 Å². The summed E-state index contributed by atoms with van der Waals surface area (Å²) < 4.78 is 4.76. The average molecular weight is 188 g/mol. The maximum atomic E-state index is 4.76. The van der Waals surface area contributed by atoms with Crippen molar-refractivity contribution in [1.29, 1.82) is 0 Å². The Balaban J connectivity index is 0. The first-order valence-electron chi connectivity index (χ1n) is 4.22. The van der Waals surface area contributed by atoms with E-state index >= 15 is 0 Å².